The number of hydrogen-bond donors (Lipinski definition) is 3. The fourth-order valence-corrected chi connectivity index (χ4v) is 5.53. The van der Waals surface area contributed by atoms with Crippen molar-refractivity contribution in [2.75, 3.05) is 12.4 Å². The van der Waals surface area contributed by atoms with Crippen LogP contribution in [0.25, 0.3) is 46.3 Å². The van der Waals surface area contributed by atoms with E-state index in [1.165, 1.54) is 18.8 Å². The van der Waals surface area contributed by atoms with Gasteiger partial charge >= 0.3 is 0 Å². The third-order valence-corrected chi connectivity index (χ3v) is 8.39. The van der Waals surface area contributed by atoms with Crippen molar-refractivity contribution >= 4 is 23.6 Å². The van der Waals surface area contributed by atoms with E-state index < -0.39 is 30.5 Å². The number of carbonyl (C=O) groups excluding carboxylic acids is 2. The van der Waals surface area contributed by atoms with Gasteiger partial charge in [0.15, 0.2) is 34.2 Å². The maximum atomic E-state index is 13.4. The Balaban J connectivity index is 1.30. The fraction of sp³-hybridized carbons (Fsp3) is 0.333. The average molecular weight is 677 g/mol. The summed E-state index contributed by atoms with van der Waals surface area (Å²) < 4.78 is 34.0. The molecule has 2 unspecified atom stereocenters. The molecule has 2 amide bonds. The fourth-order valence-electron chi connectivity index (χ4n) is 4.64. The number of aliphatic hydroxyl groups is 1. The lowest BCUT2D eigenvalue weighted by atomic mass is 10.3. The summed E-state index contributed by atoms with van der Waals surface area (Å²) in [7, 11) is 0. The Kier molecular flexibility index (Phi) is 7.75. The molecule has 0 radical (unpaired) electrons. The summed E-state index contributed by atoms with van der Waals surface area (Å²) in [4.78, 5) is 52.9. The number of amides is 2. The molecule has 2 atom stereocenters. The maximum Gasteiger partial charge on any atom is 0.273 e. The summed E-state index contributed by atoms with van der Waals surface area (Å²) in [6.45, 7) is 8.98. The second-order valence-electron chi connectivity index (χ2n) is 11.7. The normalized spacial score (nSPS) is 16.8. The molecule has 0 aromatic carbocycles. The van der Waals surface area contributed by atoms with Crippen LogP contribution >= 0.6 is 11.8 Å². The average Bonchev–Trinajstić information content (AvgIpc) is 3.88. The minimum atomic E-state index is -1.05. The zero-order valence-corrected chi connectivity index (χ0v) is 27.0. The third kappa shape index (κ3) is 6.02. The minimum absolute atomic E-state index is 0.0122. The quantitative estimate of drug-likeness (QED) is 0.231. The van der Waals surface area contributed by atoms with Gasteiger partial charge in [0.25, 0.3) is 11.8 Å². The SMILES string of the molecule is Cc1oc2nc1-c1nc(co1)C(=O)NC(CO)c1nc(co1)-c1nc(co1)-c1nc(co1)C(=O)NC(CSC(C)(C)C)c1nc-2c(C)o1. The van der Waals surface area contributed by atoms with E-state index in [2.05, 4.69) is 61.3 Å². The number of nitrogens with zero attached hydrogens (tertiary/aromatic N) is 6. The molecule has 248 valence electrons. The van der Waals surface area contributed by atoms with Crippen LogP contribution < -0.4 is 10.6 Å². The maximum absolute atomic E-state index is 13.4. The van der Waals surface area contributed by atoms with Gasteiger partial charge in [-0.2, -0.15) is 11.8 Å². The van der Waals surface area contributed by atoms with Crippen molar-refractivity contribution < 1.29 is 41.2 Å². The van der Waals surface area contributed by atoms with Gasteiger partial charge in [-0.3, -0.25) is 9.59 Å². The highest BCUT2D eigenvalue weighted by atomic mass is 32.2. The topological polar surface area (TPSA) is 235 Å². The highest BCUT2D eigenvalue weighted by Crippen LogP contribution is 2.34. The molecule has 0 fully saturated rings. The molecule has 0 aliphatic carbocycles. The lowest BCUT2D eigenvalue weighted by Crippen LogP contribution is -2.31. The second-order valence-corrected chi connectivity index (χ2v) is 13.6. The molecule has 0 saturated heterocycles. The molecule has 1 aliphatic heterocycles. The zero-order chi connectivity index (χ0) is 33.7. The molecule has 0 saturated carbocycles. The van der Waals surface area contributed by atoms with E-state index in [0.717, 1.165) is 6.26 Å². The Hall–Kier alpha value is -5.49. The van der Waals surface area contributed by atoms with Crippen LogP contribution in [0.2, 0.25) is 0 Å². The molecule has 6 aromatic heterocycles. The van der Waals surface area contributed by atoms with Crippen molar-refractivity contribution in [1.82, 2.24) is 40.5 Å². The van der Waals surface area contributed by atoms with Crippen LogP contribution in [0, 0.1) is 13.8 Å². The van der Waals surface area contributed by atoms with Crippen molar-refractivity contribution in [3.8, 4) is 46.3 Å². The molecule has 3 N–H and O–H groups in total. The Morgan fingerprint density at radius 2 is 1.21 bits per heavy atom. The standard InChI is InChI=1S/C30H28N8O9S/c1-12-20-28-34-16(8-45-28)22(40)31-14(6-39)24-35-18(9-43-24)26-36-17(10-44-26)25-33-15(7-42-25)23(41)32-19(11-48-30(3,4)5)27-37-21(13(2)46-27)29(38-20)47-12/h7-10,14,19,39H,6,11H2,1-5H3,(H,31,40)(H,32,41). The lowest BCUT2D eigenvalue weighted by molar-refractivity contribution is 0.0898. The lowest BCUT2D eigenvalue weighted by Gasteiger charge is -2.21. The van der Waals surface area contributed by atoms with Crippen LogP contribution in [0.1, 0.15) is 77.1 Å². The molecule has 1 aliphatic rings. The second kappa shape index (κ2) is 11.9. The first-order valence-corrected chi connectivity index (χ1v) is 15.6. The molecular formula is C30H28N8O9S. The number of oxazole rings is 6. The minimum Gasteiger partial charge on any atom is -0.446 e. The van der Waals surface area contributed by atoms with Gasteiger partial charge in [0.2, 0.25) is 35.3 Å². The van der Waals surface area contributed by atoms with Gasteiger partial charge in [0, 0.05) is 10.5 Å². The number of fused-ring (bicyclic) bond motifs is 16. The molecule has 17 nitrogen and oxygen atoms in total. The van der Waals surface area contributed by atoms with Gasteiger partial charge in [-0.05, 0) is 13.8 Å². The van der Waals surface area contributed by atoms with E-state index in [-0.39, 0.29) is 68.6 Å². The number of nitrogens with one attached hydrogen (secondary N) is 2. The van der Waals surface area contributed by atoms with Gasteiger partial charge in [-0.25, -0.2) is 29.9 Å². The molecule has 7 rings (SSSR count). The number of thioether (sulfide) groups is 1. The number of hydrogen-bond acceptors (Lipinski definition) is 16. The van der Waals surface area contributed by atoms with Crippen molar-refractivity contribution in [2.24, 2.45) is 0 Å². The summed E-state index contributed by atoms with van der Waals surface area (Å²) in [5, 5.41) is 15.6. The number of aromatic nitrogens is 6. The molecule has 48 heavy (non-hydrogen) atoms. The van der Waals surface area contributed by atoms with Crippen molar-refractivity contribution in [3.05, 3.63) is 59.7 Å². The summed E-state index contributed by atoms with van der Waals surface area (Å²) in [6, 6.07) is -1.72. The number of aliphatic hydroxyl groups excluding tert-OH is 1. The van der Waals surface area contributed by atoms with E-state index in [4.69, 9.17) is 26.5 Å². The van der Waals surface area contributed by atoms with Gasteiger partial charge in [-0.15, -0.1) is 0 Å². The molecule has 7 heterocycles. The van der Waals surface area contributed by atoms with E-state index >= 15 is 0 Å². The summed E-state index contributed by atoms with van der Waals surface area (Å²) in [5.41, 5.74) is 0.792. The Morgan fingerprint density at radius 3 is 1.90 bits per heavy atom. The molecule has 0 spiro atoms. The van der Waals surface area contributed by atoms with Crippen molar-refractivity contribution in [1.29, 1.82) is 0 Å². The van der Waals surface area contributed by atoms with E-state index in [1.54, 1.807) is 25.6 Å². The molecule has 6 aromatic rings. The van der Waals surface area contributed by atoms with Crippen LogP contribution in [-0.4, -0.2) is 63.9 Å². The zero-order valence-electron chi connectivity index (χ0n) is 26.2. The van der Waals surface area contributed by atoms with Gasteiger partial charge in [0.05, 0.1) is 6.61 Å². The molecule has 18 heteroatoms. The van der Waals surface area contributed by atoms with E-state index in [0.29, 0.717) is 23.0 Å². The van der Waals surface area contributed by atoms with Gasteiger partial charge in [0.1, 0.15) is 48.7 Å². The van der Waals surface area contributed by atoms with Crippen LogP contribution in [0.4, 0.5) is 0 Å². The predicted octanol–water partition coefficient (Wildman–Crippen LogP) is 4.68. The summed E-state index contributed by atoms with van der Waals surface area (Å²) in [5.74, 6) is 0.353. The van der Waals surface area contributed by atoms with Crippen LogP contribution in [0.3, 0.4) is 0 Å². The summed E-state index contributed by atoms with van der Waals surface area (Å²) in [6.07, 6.45) is 4.88. The van der Waals surface area contributed by atoms with Gasteiger partial charge < -0.3 is 42.2 Å². The Labute approximate surface area is 275 Å². The van der Waals surface area contributed by atoms with Crippen molar-refractivity contribution in [3.63, 3.8) is 0 Å². The predicted molar refractivity (Wildman–Crippen MR) is 164 cm³/mol. The third-order valence-electron chi connectivity index (χ3n) is 7.03. The monoisotopic (exact) mass is 676 g/mol. The van der Waals surface area contributed by atoms with Crippen molar-refractivity contribution in [2.45, 2.75) is 51.4 Å². The Bertz CT molecular complexity index is 2130. The smallest absolute Gasteiger partial charge is 0.273 e. The highest BCUT2D eigenvalue weighted by molar-refractivity contribution is 8.00. The first kappa shape index (κ1) is 31.1. The van der Waals surface area contributed by atoms with Gasteiger partial charge in [-0.1, -0.05) is 20.8 Å². The van der Waals surface area contributed by atoms with E-state index in [9.17, 15) is 14.7 Å². The van der Waals surface area contributed by atoms with Crippen LogP contribution in [-0.2, 0) is 0 Å². The Morgan fingerprint density at radius 1 is 0.667 bits per heavy atom. The molecule has 12 bridgehead atoms. The van der Waals surface area contributed by atoms with E-state index in [1.807, 2.05) is 0 Å². The first-order valence-electron chi connectivity index (χ1n) is 14.6. The van der Waals surface area contributed by atoms with Crippen LogP contribution in [0.5, 0.6) is 0 Å². The number of aryl methyl sites for hydroxylation is 2. The largest absolute Gasteiger partial charge is 0.446 e. The molecular weight excluding hydrogens is 648 g/mol. The van der Waals surface area contributed by atoms with Crippen LogP contribution in [0.15, 0.2) is 51.6 Å². The first-order chi connectivity index (χ1) is 23.0. The highest BCUT2D eigenvalue weighted by Gasteiger charge is 2.30. The number of rotatable bonds is 3. The number of carbonyl (C=O) groups is 2. The summed E-state index contributed by atoms with van der Waals surface area (Å²) >= 11 is 1.60.